The van der Waals surface area contributed by atoms with Crippen LogP contribution in [-0.2, 0) is 13.2 Å². The van der Waals surface area contributed by atoms with E-state index in [1.165, 1.54) is 6.20 Å². The van der Waals surface area contributed by atoms with Crippen molar-refractivity contribution in [2.75, 3.05) is 0 Å². The van der Waals surface area contributed by atoms with Gasteiger partial charge in [0.05, 0.1) is 25.8 Å². The summed E-state index contributed by atoms with van der Waals surface area (Å²) >= 11 is 0. The lowest BCUT2D eigenvalue weighted by atomic mass is 10.4. The van der Waals surface area contributed by atoms with Crippen LogP contribution in [0.1, 0.15) is 12.1 Å². The van der Waals surface area contributed by atoms with E-state index in [4.69, 9.17) is 5.11 Å². The molecule has 0 aliphatic heterocycles. The monoisotopic (exact) mass is 195 g/mol. The van der Waals surface area contributed by atoms with Crippen molar-refractivity contribution in [2.45, 2.75) is 25.7 Å². The van der Waals surface area contributed by atoms with Gasteiger partial charge in [0, 0.05) is 0 Å². The number of rotatable bonds is 3. The van der Waals surface area contributed by atoms with Gasteiger partial charge in [0.1, 0.15) is 5.69 Å². The summed E-state index contributed by atoms with van der Waals surface area (Å²) in [5.74, 6) is 0. The van der Waals surface area contributed by atoms with Crippen LogP contribution in [0.15, 0.2) is 6.20 Å². The van der Waals surface area contributed by atoms with Crippen LogP contribution in [0.3, 0.4) is 0 Å². The molecular formula is C6H8F3N3O. The Morgan fingerprint density at radius 1 is 1.46 bits per heavy atom. The quantitative estimate of drug-likeness (QED) is 0.773. The standard InChI is InChI=1S/C6H8F3N3O/c7-6(8,9)1-2-12-3-5(4-13)10-11-12/h3,13H,1-2,4H2. The molecule has 0 aliphatic carbocycles. The summed E-state index contributed by atoms with van der Waals surface area (Å²) in [6.45, 7) is -0.581. The molecule has 0 fully saturated rings. The Morgan fingerprint density at radius 3 is 2.62 bits per heavy atom. The first kappa shape index (κ1) is 9.97. The topological polar surface area (TPSA) is 50.9 Å². The third kappa shape index (κ3) is 3.41. The third-order valence-electron chi connectivity index (χ3n) is 1.37. The number of aryl methyl sites for hydroxylation is 1. The highest BCUT2D eigenvalue weighted by Gasteiger charge is 2.26. The highest BCUT2D eigenvalue weighted by Crippen LogP contribution is 2.19. The molecule has 74 valence electrons. The molecule has 1 heterocycles. The molecule has 1 rings (SSSR count). The van der Waals surface area contributed by atoms with E-state index in [1.807, 2.05) is 0 Å². The van der Waals surface area contributed by atoms with Crippen LogP contribution in [-0.4, -0.2) is 26.3 Å². The van der Waals surface area contributed by atoms with Gasteiger partial charge in [0.25, 0.3) is 0 Å². The van der Waals surface area contributed by atoms with Gasteiger partial charge in [-0.15, -0.1) is 5.10 Å². The minimum absolute atomic E-state index is 0.266. The van der Waals surface area contributed by atoms with E-state index in [0.29, 0.717) is 0 Å². The molecule has 1 aromatic heterocycles. The molecule has 1 N–H and O–H groups in total. The summed E-state index contributed by atoms with van der Waals surface area (Å²) in [5.41, 5.74) is 0.266. The Labute approximate surface area is 72.0 Å². The second-order valence-electron chi connectivity index (χ2n) is 2.50. The van der Waals surface area contributed by atoms with Crippen molar-refractivity contribution in [3.8, 4) is 0 Å². The summed E-state index contributed by atoms with van der Waals surface area (Å²) in [6.07, 6.45) is -3.85. The van der Waals surface area contributed by atoms with E-state index in [-0.39, 0.29) is 18.8 Å². The van der Waals surface area contributed by atoms with Gasteiger partial charge in [-0.05, 0) is 0 Å². The molecule has 0 spiro atoms. The maximum absolute atomic E-state index is 11.7. The molecule has 0 saturated heterocycles. The van der Waals surface area contributed by atoms with Gasteiger partial charge in [-0.3, -0.25) is 4.68 Å². The van der Waals surface area contributed by atoms with Gasteiger partial charge in [0.15, 0.2) is 0 Å². The summed E-state index contributed by atoms with van der Waals surface area (Å²) < 4.78 is 36.2. The lowest BCUT2D eigenvalue weighted by Crippen LogP contribution is -2.12. The zero-order valence-electron chi connectivity index (χ0n) is 6.62. The van der Waals surface area contributed by atoms with Crippen molar-refractivity contribution >= 4 is 0 Å². The fraction of sp³-hybridized carbons (Fsp3) is 0.667. The number of aliphatic hydroxyl groups is 1. The maximum atomic E-state index is 11.7. The Hall–Kier alpha value is -1.11. The van der Waals surface area contributed by atoms with Gasteiger partial charge < -0.3 is 5.11 Å². The molecule has 0 saturated carbocycles. The summed E-state index contributed by atoms with van der Waals surface area (Å²) in [7, 11) is 0. The Bertz CT molecular complexity index is 270. The van der Waals surface area contributed by atoms with E-state index >= 15 is 0 Å². The van der Waals surface area contributed by atoms with Crippen LogP contribution < -0.4 is 0 Å². The summed E-state index contributed by atoms with van der Waals surface area (Å²) in [4.78, 5) is 0. The zero-order chi connectivity index (χ0) is 9.90. The largest absolute Gasteiger partial charge is 0.390 e. The van der Waals surface area contributed by atoms with Crippen molar-refractivity contribution in [3.63, 3.8) is 0 Å². The summed E-state index contributed by atoms with van der Waals surface area (Å²) in [5, 5.41) is 15.4. The van der Waals surface area contributed by atoms with Crippen LogP contribution in [0, 0.1) is 0 Å². The average Bonchev–Trinajstić information content (AvgIpc) is 2.47. The van der Waals surface area contributed by atoms with Crippen LogP contribution in [0.25, 0.3) is 0 Å². The number of aliphatic hydroxyl groups excluding tert-OH is 1. The van der Waals surface area contributed by atoms with Crippen LogP contribution in [0.2, 0.25) is 0 Å². The second kappa shape index (κ2) is 3.73. The Morgan fingerprint density at radius 2 is 2.15 bits per heavy atom. The summed E-state index contributed by atoms with van der Waals surface area (Å²) in [6, 6.07) is 0. The number of hydrogen-bond donors (Lipinski definition) is 1. The highest BCUT2D eigenvalue weighted by atomic mass is 19.4. The molecule has 0 unspecified atom stereocenters. The Balaban J connectivity index is 2.46. The lowest BCUT2D eigenvalue weighted by molar-refractivity contribution is -0.137. The number of halogens is 3. The Kier molecular flexibility index (Phi) is 2.86. The molecule has 0 bridgehead atoms. The molecule has 7 heteroatoms. The van der Waals surface area contributed by atoms with Crippen LogP contribution in [0.5, 0.6) is 0 Å². The van der Waals surface area contributed by atoms with Crippen molar-refractivity contribution in [1.29, 1.82) is 0 Å². The normalized spacial score (nSPS) is 12.0. The van der Waals surface area contributed by atoms with E-state index < -0.39 is 12.6 Å². The first-order valence-electron chi connectivity index (χ1n) is 3.58. The minimum atomic E-state index is -4.19. The molecule has 0 aromatic carbocycles. The van der Waals surface area contributed by atoms with E-state index in [1.54, 1.807) is 0 Å². The second-order valence-corrected chi connectivity index (χ2v) is 2.50. The molecule has 13 heavy (non-hydrogen) atoms. The van der Waals surface area contributed by atoms with E-state index in [9.17, 15) is 13.2 Å². The average molecular weight is 195 g/mol. The molecule has 1 aromatic rings. The van der Waals surface area contributed by atoms with Crippen molar-refractivity contribution in [1.82, 2.24) is 15.0 Å². The number of hydrogen-bond acceptors (Lipinski definition) is 3. The van der Waals surface area contributed by atoms with E-state index in [0.717, 1.165) is 4.68 Å². The maximum Gasteiger partial charge on any atom is 0.390 e. The van der Waals surface area contributed by atoms with Gasteiger partial charge in [-0.1, -0.05) is 5.21 Å². The molecule has 0 radical (unpaired) electrons. The SMILES string of the molecule is OCc1cn(CCC(F)(F)F)nn1. The predicted octanol–water partition coefficient (Wildman–Crippen LogP) is 0.723. The number of nitrogens with zero attached hydrogens (tertiary/aromatic N) is 3. The lowest BCUT2D eigenvalue weighted by Gasteiger charge is -2.04. The van der Waals surface area contributed by atoms with E-state index in [2.05, 4.69) is 10.3 Å². The first-order valence-corrected chi connectivity index (χ1v) is 3.58. The van der Waals surface area contributed by atoms with Crippen molar-refractivity contribution < 1.29 is 18.3 Å². The molecule has 0 amide bonds. The van der Waals surface area contributed by atoms with Gasteiger partial charge in [-0.25, -0.2) is 0 Å². The smallest absolute Gasteiger partial charge is 0.390 e. The molecule has 4 nitrogen and oxygen atoms in total. The van der Waals surface area contributed by atoms with Crippen LogP contribution in [0.4, 0.5) is 13.2 Å². The molecule has 0 atom stereocenters. The number of aromatic nitrogens is 3. The fourth-order valence-electron chi connectivity index (χ4n) is 0.762. The minimum Gasteiger partial charge on any atom is -0.390 e. The van der Waals surface area contributed by atoms with Gasteiger partial charge in [0.2, 0.25) is 0 Å². The zero-order valence-corrected chi connectivity index (χ0v) is 6.62. The molecular weight excluding hydrogens is 187 g/mol. The first-order chi connectivity index (χ1) is 6.01. The van der Waals surface area contributed by atoms with Crippen molar-refractivity contribution in [2.24, 2.45) is 0 Å². The van der Waals surface area contributed by atoms with Crippen molar-refractivity contribution in [3.05, 3.63) is 11.9 Å². The number of alkyl halides is 3. The predicted molar refractivity (Wildman–Crippen MR) is 36.6 cm³/mol. The van der Waals surface area contributed by atoms with Gasteiger partial charge >= 0.3 is 6.18 Å². The molecule has 0 aliphatic rings. The van der Waals surface area contributed by atoms with Crippen LogP contribution >= 0.6 is 0 Å². The third-order valence-corrected chi connectivity index (χ3v) is 1.37. The fourth-order valence-corrected chi connectivity index (χ4v) is 0.762. The highest BCUT2D eigenvalue weighted by molar-refractivity contribution is 4.88. The van der Waals surface area contributed by atoms with Gasteiger partial charge in [-0.2, -0.15) is 13.2 Å².